The van der Waals surface area contributed by atoms with Gasteiger partial charge < -0.3 is 0 Å². The molecule has 0 aliphatic rings. The van der Waals surface area contributed by atoms with E-state index in [2.05, 4.69) is 98.1 Å². The largest absolute Gasteiger partial charge is 0.276 e. The van der Waals surface area contributed by atoms with Crippen LogP contribution in [-0.4, -0.2) is 4.57 Å². The number of pyridine rings is 1. The Bertz CT molecular complexity index is 2540. The third-order valence-corrected chi connectivity index (χ3v) is 9.17. The summed E-state index contributed by atoms with van der Waals surface area (Å²) in [6.45, 7) is 8.49. The van der Waals surface area contributed by atoms with Gasteiger partial charge in [0.05, 0.1) is 5.52 Å². The highest BCUT2D eigenvalue weighted by atomic mass is 16.1. The molecule has 0 spiro atoms. The monoisotopic (exact) mass is 601 g/mol. The first-order valence-electron chi connectivity index (χ1n) is 15.8. The minimum Gasteiger partial charge on any atom is -0.276 e. The van der Waals surface area contributed by atoms with Crippen molar-refractivity contribution in [1.82, 2.24) is 4.57 Å². The SMILES string of the molecule is C=Cc1c(C=C)c(-c2ccccc2)c2cc(-c3ccc(-n4c(=O)c5ccccc5c5ccccc54)cc3)ccc2c1-c1ccccc1. The lowest BCUT2D eigenvalue weighted by Crippen LogP contribution is -2.19. The van der Waals surface area contributed by atoms with Crippen molar-refractivity contribution in [3.05, 3.63) is 186 Å². The van der Waals surface area contributed by atoms with Crippen LogP contribution in [0.25, 0.3) is 83.7 Å². The Morgan fingerprint density at radius 1 is 0.426 bits per heavy atom. The quantitative estimate of drug-likeness (QED) is 0.174. The zero-order valence-corrected chi connectivity index (χ0v) is 25.9. The fourth-order valence-electron chi connectivity index (χ4n) is 7.05. The van der Waals surface area contributed by atoms with Gasteiger partial charge in [0.15, 0.2) is 0 Å². The van der Waals surface area contributed by atoms with E-state index in [0.717, 1.165) is 77.3 Å². The molecule has 2 heteroatoms. The Morgan fingerprint density at radius 3 is 1.55 bits per heavy atom. The van der Waals surface area contributed by atoms with Gasteiger partial charge in [-0.1, -0.05) is 147 Å². The van der Waals surface area contributed by atoms with Crippen LogP contribution in [0.5, 0.6) is 0 Å². The van der Waals surface area contributed by atoms with Crippen LogP contribution >= 0.6 is 0 Å². The molecule has 1 aromatic heterocycles. The van der Waals surface area contributed by atoms with Gasteiger partial charge in [-0.15, -0.1) is 0 Å². The molecule has 0 radical (unpaired) electrons. The van der Waals surface area contributed by atoms with Gasteiger partial charge in [-0.3, -0.25) is 9.36 Å². The van der Waals surface area contributed by atoms with Gasteiger partial charge in [-0.25, -0.2) is 0 Å². The van der Waals surface area contributed by atoms with Crippen molar-refractivity contribution in [2.75, 3.05) is 0 Å². The summed E-state index contributed by atoms with van der Waals surface area (Å²) >= 11 is 0. The fraction of sp³-hybridized carbons (Fsp3) is 0. The second-order valence-electron chi connectivity index (χ2n) is 11.7. The van der Waals surface area contributed by atoms with Gasteiger partial charge in [0.1, 0.15) is 0 Å². The Hall–Kier alpha value is -6.25. The molecule has 0 N–H and O–H groups in total. The van der Waals surface area contributed by atoms with Crippen LogP contribution in [-0.2, 0) is 0 Å². The molecule has 0 amide bonds. The summed E-state index contributed by atoms with van der Waals surface area (Å²) in [5.74, 6) is 0. The molecule has 0 saturated heterocycles. The number of fused-ring (bicyclic) bond motifs is 4. The van der Waals surface area contributed by atoms with Gasteiger partial charge in [-0.2, -0.15) is 0 Å². The predicted molar refractivity (Wildman–Crippen MR) is 201 cm³/mol. The number of nitrogens with zero attached hydrogens (tertiary/aromatic N) is 1. The average molecular weight is 602 g/mol. The Morgan fingerprint density at radius 2 is 0.936 bits per heavy atom. The number of benzene rings is 7. The van der Waals surface area contributed by atoms with E-state index in [1.807, 2.05) is 83.4 Å². The van der Waals surface area contributed by atoms with Gasteiger partial charge in [0.25, 0.3) is 5.56 Å². The number of hydrogen-bond donors (Lipinski definition) is 0. The molecule has 2 nitrogen and oxygen atoms in total. The second kappa shape index (κ2) is 11.6. The Balaban J connectivity index is 1.34. The maximum absolute atomic E-state index is 13.8. The topological polar surface area (TPSA) is 22.0 Å². The summed E-state index contributed by atoms with van der Waals surface area (Å²) < 4.78 is 1.83. The molecular weight excluding hydrogens is 571 g/mol. The standard InChI is InChI=1S/C45H31NO/c1-3-35-36(4-2)44(32-17-9-6-10-18-32)41-29-33(25-28-39(41)43(35)31-15-7-5-8-16-31)30-23-26-34(27-24-30)46-42-22-14-13-20-38(42)37-19-11-12-21-40(37)45(46)47/h3-29H,1-2H2. The van der Waals surface area contributed by atoms with Gasteiger partial charge >= 0.3 is 0 Å². The number of aromatic nitrogens is 1. The van der Waals surface area contributed by atoms with Crippen LogP contribution in [0.1, 0.15) is 11.1 Å². The molecule has 1 heterocycles. The fourth-order valence-corrected chi connectivity index (χ4v) is 7.05. The van der Waals surface area contributed by atoms with Crippen LogP contribution in [0.3, 0.4) is 0 Å². The minimum atomic E-state index is -0.0197. The highest BCUT2D eigenvalue weighted by Gasteiger charge is 2.19. The normalized spacial score (nSPS) is 11.2. The Labute approximate surface area is 273 Å². The summed E-state index contributed by atoms with van der Waals surface area (Å²) in [5.41, 5.74) is 10.6. The zero-order valence-electron chi connectivity index (χ0n) is 25.9. The molecule has 47 heavy (non-hydrogen) atoms. The second-order valence-corrected chi connectivity index (χ2v) is 11.7. The smallest absolute Gasteiger partial charge is 0.263 e. The van der Waals surface area contributed by atoms with E-state index in [9.17, 15) is 4.79 Å². The lowest BCUT2D eigenvalue weighted by molar-refractivity contribution is 1.06. The number of para-hydroxylation sites is 1. The van der Waals surface area contributed by atoms with Gasteiger partial charge in [0, 0.05) is 16.5 Å². The number of rotatable bonds is 6. The van der Waals surface area contributed by atoms with Crippen LogP contribution in [0.15, 0.2) is 170 Å². The van der Waals surface area contributed by atoms with Crippen molar-refractivity contribution in [2.45, 2.75) is 0 Å². The first-order valence-corrected chi connectivity index (χ1v) is 15.8. The van der Waals surface area contributed by atoms with Gasteiger partial charge in [0.2, 0.25) is 0 Å². The first kappa shape index (κ1) is 28.2. The summed E-state index contributed by atoms with van der Waals surface area (Å²) in [6, 6.07) is 52.0. The third-order valence-electron chi connectivity index (χ3n) is 9.17. The lowest BCUT2D eigenvalue weighted by atomic mass is 9.82. The molecule has 8 aromatic rings. The molecule has 8 rings (SSSR count). The van der Waals surface area contributed by atoms with Crippen LogP contribution < -0.4 is 5.56 Å². The summed E-state index contributed by atoms with van der Waals surface area (Å²) in [7, 11) is 0. The van der Waals surface area contributed by atoms with Crippen LogP contribution in [0.4, 0.5) is 0 Å². The molecule has 0 atom stereocenters. The molecule has 0 aliphatic heterocycles. The summed E-state index contributed by atoms with van der Waals surface area (Å²) in [5, 5.41) is 5.05. The highest BCUT2D eigenvalue weighted by Crippen LogP contribution is 2.44. The van der Waals surface area contributed by atoms with Gasteiger partial charge in [-0.05, 0) is 91.0 Å². The summed E-state index contributed by atoms with van der Waals surface area (Å²) in [4.78, 5) is 13.8. The average Bonchev–Trinajstić information content (AvgIpc) is 3.14. The predicted octanol–water partition coefficient (Wildman–Crippen LogP) is 11.6. The zero-order chi connectivity index (χ0) is 31.9. The molecule has 0 bridgehead atoms. The van der Waals surface area contributed by atoms with Crippen molar-refractivity contribution in [3.63, 3.8) is 0 Å². The third kappa shape index (κ3) is 4.62. The van der Waals surface area contributed by atoms with E-state index < -0.39 is 0 Å². The van der Waals surface area contributed by atoms with Crippen molar-refractivity contribution in [3.8, 4) is 39.1 Å². The highest BCUT2D eigenvalue weighted by molar-refractivity contribution is 6.12. The minimum absolute atomic E-state index is 0.0197. The van der Waals surface area contributed by atoms with E-state index in [1.165, 1.54) is 0 Å². The van der Waals surface area contributed by atoms with E-state index >= 15 is 0 Å². The molecule has 0 aliphatic carbocycles. The molecular formula is C45H31NO. The molecule has 7 aromatic carbocycles. The van der Waals surface area contributed by atoms with Crippen molar-refractivity contribution < 1.29 is 0 Å². The van der Waals surface area contributed by atoms with E-state index in [1.54, 1.807) is 0 Å². The molecule has 0 fully saturated rings. The van der Waals surface area contributed by atoms with Crippen molar-refractivity contribution in [1.29, 1.82) is 0 Å². The summed E-state index contributed by atoms with van der Waals surface area (Å²) in [6.07, 6.45) is 3.91. The van der Waals surface area contributed by atoms with E-state index in [-0.39, 0.29) is 5.56 Å². The maximum atomic E-state index is 13.8. The maximum Gasteiger partial charge on any atom is 0.263 e. The van der Waals surface area contributed by atoms with Crippen molar-refractivity contribution >= 4 is 44.6 Å². The molecule has 0 unspecified atom stereocenters. The molecule has 0 saturated carbocycles. The van der Waals surface area contributed by atoms with Crippen molar-refractivity contribution in [2.24, 2.45) is 0 Å². The van der Waals surface area contributed by atoms with Crippen LogP contribution in [0.2, 0.25) is 0 Å². The van der Waals surface area contributed by atoms with E-state index in [0.29, 0.717) is 5.39 Å². The molecule has 222 valence electrons. The Kier molecular flexibility index (Phi) is 6.97. The van der Waals surface area contributed by atoms with E-state index in [4.69, 9.17) is 0 Å². The van der Waals surface area contributed by atoms with Crippen LogP contribution in [0, 0.1) is 0 Å². The first-order chi connectivity index (χ1) is 23.2. The number of hydrogen-bond acceptors (Lipinski definition) is 1. The lowest BCUT2D eigenvalue weighted by Gasteiger charge is -2.21.